The molecule has 0 bridgehead atoms. The maximum Gasteiger partial charge on any atom is 0.401 e. The summed E-state index contributed by atoms with van der Waals surface area (Å²) in [7, 11) is 0. The topological polar surface area (TPSA) is 116 Å². The van der Waals surface area contributed by atoms with E-state index >= 15 is 0 Å². The largest absolute Gasteiger partial charge is 0.478 e. The molecule has 1 aliphatic heterocycles. The number of hydrogen-bond acceptors (Lipinski definition) is 6. The molecule has 11 heteroatoms. The fraction of sp³-hybridized carbons (Fsp3) is 0.533. The molecule has 1 saturated heterocycles. The van der Waals surface area contributed by atoms with E-state index in [1.165, 1.54) is 17.2 Å². The van der Waals surface area contributed by atoms with Gasteiger partial charge in [-0.25, -0.2) is 9.78 Å². The average Bonchev–Trinajstić information content (AvgIpc) is 2.92. The first kappa shape index (κ1) is 19.8. The molecule has 2 amide bonds. The van der Waals surface area contributed by atoms with Gasteiger partial charge in [0.05, 0.1) is 18.7 Å². The van der Waals surface area contributed by atoms with Gasteiger partial charge in [0.25, 0.3) is 0 Å². The van der Waals surface area contributed by atoms with Gasteiger partial charge in [0.15, 0.2) is 0 Å². The average molecular weight is 374 g/mol. The zero-order valence-corrected chi connectivity index (χ0v) is 14.2. The Balaban J connectivity index is 1.87. The summed E-state index contributed by atoms with van der Waals surface area (Å²) in [5, 5.41) is 12.8. The van der Waals surface area contributed by atoms with E-state index in [-0.39, 0.29) is 36.5 Å². The van der Waals surface area contributed by atoms with E-state index in [1.54, 1.807) is 6.92 Å². The van der Waals surface area contributed by atoms with E-state index in [4.69, 9.17) is 15.9 Å². The van der Waals surface area contributed by atoms with Gasteiger partial charge in [-0.15, -0.1) is 0 Å². The van der Waals surface area contributed by atoms with Crippen LogP contribution in [0.25, 0.3) is 0 Å². The predicted octanol–water partition coefficient (Wildman–Crippen LogP) is 1.78. The van der Waals surface area contributed by atoms with Gasteiger partial charge in [0.1, 0.15) is 5.82 Å². The summed E-state index contributed by atoms with van der Waals surface area (Å²) in [5.74, 6) is 0.0439. The molecule has 1 aromatic heterocycles. The lowest BCUT2D eigenvalue weighted by Gasteiger charge is -2.18. The van der Waals surface area contributed by atoms with Crippen molar-refractivity contribution >= 4 is 23.4 Å². The van der Waals surface area contributed by atoms with Crippen LogP contribution >= 0.6 is 0 Å². The molecule has 1 fully saturated rings. The van der Waals surface area contributed by atoms with Crippen molar-refractivity contribution in [3.8, 4) is 0 Å². The Morgan fingerprint density at radius 3 is 2.88 bits per heavy atom. The Labute approximate surface area is 148 Å². The van der Waals surface area contributed by atoms with Crippen molar-refractivity contribution in [1.82, 2.24) is 15.2 Å². The first-order chi connectivity index (χ1) is 12.2. The van der Waals surface area contributed by atoms with Crippen LogP contribution in [0.15, 0.2) is 12.3 Å². The van der Waals surface area contributed by atoms with Gasteiger partial charge in [-0.05, 0) is 13.3 Å². The molecule has 5 N–H and O–H groups in total. The van der Waals surface area contributed by atoms with Crippen molar-refractivity contribution in [3.05, 3.63) is 17.8 Å². The molecule has 0 aliphatic carbocycles. The number of nitrogen functional groups attached to an aromatic ring is 1. The molecule has 0 radical (unpaired) electrons. The second-order valence-corrected chi connectivity index (χ2v) is 5.85. The van der Waals surface area contributed by atoms with E-state index in [2.05, 4.69) is 15.6 Å². The third-order valence-electron chi connectivity index (χ3n) is 3.72. The van der Waals surface area contributed by atoms with Gasteiger partial charge in [-0.2, -0.15) is 13.2 Å². The highest BCUT2D eigenvalue weighted by Crippen LogP contribution is 2.20. The Morgan fingerprint density at radius 2 is 2.27 bits per heavy atom. The summed E-state index contributed by atoms with van der Waals surface area (Å²) < 4.78 is 42.2. The molecule has 0 saturated carbocycles. The van der Waals surface area contributed by atoms with Crippen molar-refractivity contribution in [2.75, 3.05) is 37.3 Å². The first-order valence-corrected chi connectivity index (χ1v) is 8.01. The van der Waals surface area contributed by atoms with Gasteiger partial charge in [0.2, 0.25) is 5.90 Å². The first-order valence-electron chi connectivity index (χ1n) is 8.01. The molecule has 1 atom stereocenters. The molecule has 26 heavy (non-hydrogen) atoms. The number of carbonyl (C=O) groups is 1. The number of urea groups is 1. The van der Waals surface area contributed by atoms with Gasteiger partial charge in [0, 0.05) is 37.1 Å². The number of anilines is 2. The summed E-state index contributed by atoms with van der Waals surface area (Å²) >= 11 is 0. The van der Waals surface area contributed by atoms with Crippen LogP contribution in [0, 0.1) is 5.41 Å². The van der Waals surface area contributed by atoms with Gasteiger partial charge in [-0.1, -0.05) is 0 Å². The number of ether oxygens (including phenoxy) is 1. The number of rotatable bonds is 5. The fourth-order valence-corrected chi connectivity index (χ4v) is 2.64. The molecule has 0 aromatic carbocycles. The molecule has 1 unspecified atom stereocenters. The lowest BCUT2D eigenvalue weighted by Crippen LogP contribution is -2.41. The SMILES string of the molecule is CCOC(=N)c1cnc(NC(=O)NC2CCN(CC(F)(F)F)C2)cc1N. The van der Waals surface area contributed by atoms with Crippen LogP contribution < -0.4 is 16.4 Å². The molecule has 1 aromatic rings. The van der Waals surface area contributed by atoms with Gasteiger partial charge >= 0.3 is 12.2 Å². The van der Waals surface area contributed by atoms with E-state index in [9.17, 15) is 18.0 Å². The minimum absolute atomic E-state index is 0.121. The smallest absolute Gasteiger partial charge is 0.401 e. The number of carbonyl (C=O) groups excluding carboxylic acids is 1. The van der Waals surface area contributed by atoms with Gasteiger partial charge in [-0.3, -0.25) is 15.6 Å². The number of halogens is 3. The van der Waals surface area contributed by atoms with Crippen LogP contribution in [-0.4, -0.2) is 60.3 Å². The van der Waals surface area contributed by atoms with Crippen LogP contribution in [0.1, 0.15) is 18.9 Å². The number of pyridine rings is 1. The van der Waals surface area contributed by atoms with Crippen LogP contribution in [0.4, 0.5) is 29.5 Å². The van der Waals surface area contributed by atoms with Crippen molar-refractivity contribution in [3.63, 3.8) is 0 Å². The van der Waals surface area contributed by atoms with Crippen LogP contribution in [0.3, 0.4) is 0 Å². The molecule has 8 nitrogen and oxygen atoms in total. The normalized spacial score (nSPS) is 17.8. The summed E-state index contributed by atoms with van der Waals surface area (Å²) in [6.45, 7) is 1.46. The lowest BCUT2D eigenvalue weighted by atomic mass is 10.2. The Morgan fingerprint density at radius 1 is 1.54 bits per heavy atom. The van der Waals surface area contributed by atoms with Crippen molar-refractivity contribution in [2.24, 2.45) is 0 Å². The van der Waals surface area contributed by atoms with E-state index in [0.29, 0.717) is 18.6 Å². The number of amides is 2. The number of hydrogen-bond donors (Lipinski definition) is 4. The number of aromatic nitrogens is 1. The Bertz CT molecular complexity index is 667. The van der Waals surface area contributed by atoms with Crippen LogP contribution in [-0.2, 0) is 4.74 Å². The number of alkyl halides is 3. The third-order valence-corrected chi connectivity index (χ3v) is 3.72. The van der Waals surface area contributed by atoms with Crippen molar-refractivity contribution in [1.29, 1.82) is 5.41 Å². The minimum Gasteiger partial charge on any atom is -0.478 e. The highest BCUT2D eigenvalue weighted by molar-refractivity contribution is 5.97. The Kier molecular flexibility index (Phi) is 6.24. The quantitative estimate of drug-likeness (QED) is 0.463. The van der Waals surface area contributed by atoms with Crippen LogP contribution in [0.2, 0.25) is 0 Å². The Hall–Kier alpha value is -2.56. The van der Waals surface area contributed by atoms with Crippen LogP contribution in [0.5, 0.6) is 0 Å². The molecule has 144 valence electrons. The summed E-state index contributed by atoms with van der Waals surface area (Å²) in [5.41, 5.74) is 6.34. The van der Waals surface area contributed by atoms with Crippen molar-refractivity contribution < 1.29 is 22.7 Å². The molecule has 2 heterocycles. The zero-order valence-electron chi connectivity index (χ0n) is 14.2. The second kappa shape index (κ2) is 8.21. The van der Waals surface area contributed by atoms with Crippen molar-refractivity contribution in [2.45, 2.75) is 25.6 Å². The van der Waals surface area contributed by atoms with Gasteiger partial charge < -0.3 is 15.8 Å². The van der Waals surface area contributed by atoms with E-state index in [0.717, 1.165) is 0 Å². The summed E-state index contributed by atoms with van der Waals surface area (Å²) in [6, 6.07) is 0.427. The second-order valence-electron chi connectivity index (χ2n) is 5.85. The number of likely N-dealkylation sites (tertiary alicyclic amines) is 1. The zero-order chi connectivity index (χ0) is 19.3. The predicted molar refractivity (Wildman–Crippen MR) is 90.2 cm³/mol. The maximum atomic E-state index is 12.4. The standard InChI is InChI=1S/C15H21F3N6O2/c1-2-26-13(20)10-6-21-12(5-11(10)19)23-14(25)22-9-3-4-24(7-9)8-15(16,17)18/h5-6,9,20H,2-4,7-8H2,1H3,(H4,19,21,22,23,25). The molecular formula is C15H21F3N6O2. The highest BCUT2D eigenvalue weighted by Gasteiger charge is 2.34. The highest BCUT2D eigenvalue weighted by atomic mass is 19.4. The number of nitrogens with one attached hydrogen (secondary N) is 3. The number of nitrogens with zero attached hydrogens (tertiary/aromatic N) is 2. The van der Waals surface area contributed by atoms with E-state index < -0.39 is 18.8 Å². The molecular weight excluding hydrogens is 353 g/mol. The number of nitrogens with two attached hydrogens (primary N) is 1. The lowest BCUT2D eigenvalue weighted by molar-refractivity contribution is -0.143. The minimum atomic E-state index is -4.25. The molecule has 1 aliphatic rings. The third kappa shape index (κ3) is 5.76. The maximum absolute atomic E-state index is 12.4. The molecule has 2 rings (SSSR count). The monoisotopic (exact) mass is 374 g/mol. The fourth-order valence-electron chi connectivity index (χ4n) is 2.64. The van der Waals surface area contributed by atoms with E-state index in [1.807, 2.05) is 0 Å². The molecule has 0 spiro atoms. The summed E-state index contributed by atoms with van der Waals surface area (Å²) in [6.07, 6.45) is -2.51. The summed E-state index contributed by atoms with van der Waals surface area (Å²) in [4.78, 5) is 17.2.